The number of esters is 1. The molecule has 0 aliphatic heterocycles. The van der Waals surface area contributed by atoms with E-state index in [9.17, 15) is 4.79 Å². The van der Waals surface area contributed by atoms with Crippen LogP contribution in [0.3, 0.4) is 0 Å². The molecule has 2 rings (SSSR count). The maximum Gasteiger partial charge on any atom is 0.326 e. The zero-order chi connectivity index (χ0) is 14.8. The van der Waals surface area contributed by atoms with E-state index in [1.807, 2.05) is 7.05 Å². The lowest BCUT2D eigenvalue weighted by atomic mass is 9.98. The highest BCUT2D eigenvalue weighted by atomic mass is 16.5. The lowest BCUT2D eigenvalue weighted by molar-refractivity contribution is -0.148. The third-order valence-electron chi connectivity index (χ3n) is 4.48. The topological polar surface area (TPSA) is 56.2 Å². The van der Waals surface area contributed by atoms with Crippen LogP contribution in [0.25, 0.3) is 0 Å². The van der Waals surface area contributed by atoms with E-state index in [2.05, 4.69) is 29.9 Å². The van der Waals surface area contributed by atoms with Crippen LogP contribution in [0.1, 0.15) is 50.5 Å². The van der Waals surface area contributed by atoms with Crippen molar-refractivity contribution in [2.75, 3.05) is 14.2 Å². The second-order valence-corrected chi connectivity index (χ2v) is 5.50. The highest BCUT2D eigenvalue weighted by Gasteiger charge is 2.46. The number of hydrogen-bond acceptors (Lipinski definition) is 4. The van der Waals surface area contributed by atoms with Crippen LogP contribution >= 0.6 is 0 Å². The molecule has 0 aromatic carbocycles. The van der Waals surface area contributed by atoms with Crippen LogP contribution in [0.2, 0.25) is 0 Å². The average Bonchev–Trinajstić information content (AvgIpc) is 3.10. The summed E-state index contributed by atoms with van der Waals surface area (Å²) in [4.78, 5) is 12.0. The average molecular weight is 279 g/mol. The molecule has 1 heterocycles. The van der Waals surface area contributed by atoms with Gasteiger partial charge >= 0.3 is 5.97 Å². The Labute approximate surface area is 120 Å². The van der Waals surface area contributed by atoms with Gasteiger partial charge < -0.3 is 10.1 Å². The second kappa shape index (κ2) is 5.95. The minimum atomic E-state index is -0.553. The minimum Gasteiger partial charge on any atom is -0.468 e. The van der Waals surface area contributed by atoms with Crippen LogP contribution < -0.4 is 5.32 Å². The van der Waals surface area contributed by atoms with Crippen molar-refractivity contribution in [1.29, 1.82) is 0 Å². The van der Waals surface area contributed by atoms with Crippen LogP contribution in [-0.4, -0.2) is 35.4 Å². The molecule has 1 N–H and O–H groups in total. The van der Waals surface area contributed by atoms with Crippen LogP contribution in [0.15, 0.2) is 6.07 Å². The second-order valence-electron chi connectivity index (χ2n) is 5.50. The van der Waals surface area contributed by atoms with Crippen LogP contribution in [0.5, 0.6) is 0 Å². The van der Waals surface area contributed by atoms with Crippen LogP contribution in [-0.2, 0) is 22.4 Å². The van der Waals surface area contributed by atoms with Gasteiger partial charge in [0.15, 0.2) is 0 Å². The Morgan fingerprint density at radius 3 is 2.85 bits per heavy atom. The van der Waals surface area contributed by atoms with Crippen molar-refractivity contribution in [3.63, 3.8) is 0 Å². The monoisotopic (exact) mass is 279 g/mol. The zero-order valence-corrected chi connectivity index (χ0v) is 12.9. The van der Waals surface area contributed by atoms with Gasteiger partial charge in [0.25, 0.3) is 0 Å². The van der Waals surface area contributed by atoms with E-state index < -0.39 is 5.54 Å². The number of aromatic nitrogens is 2. The number of carbonyl (C=O) groups is 1. The van der Waals surface area contributed by atoms with Gasteiger partial charge in [-0.3, -0.25) is 9.48 Å². The van der Waals surface area contributed by atoms with Gasteiger partial charge in [0, 0.05) is 5.69 Å². The number of ether oxygens (including phenoxy) is 1. The Morgan fingerprint density at radius 1 is 1.55 bits per heavy atom. The van der Waals surface area contributed by atoms with Crippen LogP contribution in [0.4, 0.5) is 0 Å². The Bertz CT molecular complexity index is 483. The SMILES string of the molecule is CCc1cc(CC)n(C2CCC(NC)(C(=O)OC)C2)n1. The molecule has 0 saturated heterocycles. The van der Waals surface area contributed by atoms with E-state index in [0.717, 1.165) is 37.8 Å². The number of rotatable bonds is 5. The first kappa shape index (κ1) is 15.0. The first-order valence-electron chi connectivity index (χ1n) is 7.44. The van der Waals surface area contributed by atoms with Crippen molar-refractivity contribution in [3.8, 4) is 0 Å². The fourth-order valence-corrected chi connectivity index (χ4v) is 3.18. The summed E-state index contributed by atoms with van der Waals surface area (Å²) in [6.45, 7) is 4.26. The smallest absolute Gasteiger partial charge is 0.326 e. The summed E-state index contributed by atoms with van der Waals surface area (Å²) >= 11 is 0. The van der Waals surface area contributed by atoms with E-state index in [1.54, 1.807) is 0 Å². The zero-order valence-electron chi connectivity index (χ0n) is 12.9. The molecule has 1 saturated carbocycles. The fourth-order valence-electron chi connectivity index (χ4n) is 3.18. The first-order chi connectivity index (χ1) is 9.60. The number of carbonyl (C=O) groups excluding carboxylic acids is 1. The number of hydrogen-bond donors (Lipinski definition) is 1. The molecule has 1 aliphatic carbocycles. The molecule has 0 bridgehead atoms. The quantitative estimate of drug-likeness (QED) is 0.836. The van der Waals surface area contributed by atoms with Crippen molar-refractivity contribution in [2.45, 2.75) is 57.5 Å². The van der Waals surface area contributed by atoms with E-state index in [1.165, 1.54) is 12.8 Å². The summed E-state index contributed by atoms with van der Waals surface area (Å²) in [6.07, 6.45) is 4.41. The Kier molecular flexibility index (Phi) is 4.48. The number of methoxy groups -OCH3 is 1. The molecule has 5 heteroatoms. The number of nitrogens with one attached hydrogen (secondary N) is 1. The van der Waals surface area contributed by atoms with Gasteiger partial charge in [-0.15, -0.1) is 0 Å². The van der Waals surface area contributed by atoms with Gasteiger partial charge in [-0.25, -0.2) is 0 Å². The van der Waals surface area contributed by atoms with Gasteiger partial charge in [-0.2, -0.15) is 5.10 Å². The molecule has 0 radical (unpaired) electrons. The predicted octanol–water partition coefficient (Wildman–Crippen LogP) is 1.86. The number of likely N-dealkylation sites (N-methyl/N-ethyl adjacent to an activating group) is 1. The summed E-state index contributed by atoms with van der Waals surface area (Å²) in [5.74, 6) is -0.164. The largest absolute Gasteiger partial charge is 0.468 e. The molecular formula is C15H25N3O2. The van der Waals surface area contributed by atoms with E-state index in [0.29, 0.717) is 0 Å². The number of aryl methyl sites for hydroxylation is 2. The molecule has 0 spiro atoms. The molecule has 1 fully saturated rings. The maximum absolute atomic E-state index is 12.0. The summed E-state index contributed by atoms with van der Waals surface area (Å²) < 4.78 is 7.09. The summed E-state index contributed by atoms with van der Waals surface area (Å²) in [5, 5.41) is 7.87. The summed E-state index contributed by atoms with van der Waals surface area (Å²) in [5.41, 5.74) is 1.83. The third-order valence-corrected chi connectivity index (χ3v) is 4.48. The van der Waals surface area contributed by atoms with Crippen molar-refractivity contribution in [2.24, 2.45) is 0 Å². The predicted molar refractivity (Wildman–Crippen MR) is 77.7 cm³/mol. The molecule has 5 nitrogen and oxygen atoms in total. The number of nitrogens with zero attached hydrogens (tertiary/aromatic N) is 2. The molecule has 1 aromatic rings. The Hall–Kier alpha value is -1.36. The molecule has 2 unspecified atom stereocenters. The summed E-state index contributed by atoms with van der Waals surface area (Å²) in [6, 6.07) is 2.45. The van der Waals surface area contributed by atoms with Gasteiger partial charge in [-0.05, 0) is 45.2 Å². The molecule has 1 aromatic heterocycles. The fraction of sp³-hybridized carbons (Fsp3) is 0.733. The minimum absolute atomic E-state index is 0.164. The van der Waals surface area contributed by atoms with Crippen molar-refractivity contribution in [1.82, 2.24) is 15.1 Å². The molecule has 20 heavy (non-hydrogen) atoms. The Balaban J connectivity index is 2.24. The summed E-state index contributed by atoms with van der Waals surface area (Å²) in [7, 11) is 3.29. The van der Waals surface area contributed by atoms with Crippen molar-refractivity contribution < 1.29 is 9.53 Å². The molecule has 2 atom stereocenters. The van der Waals surface area contributed by atoms with Gasteiger partial charge in [-0.1, -0.05) is 13.8 Å². The van der Waals surface area contributed by atoms with Crippen molar-refractivity contribution in [3.05, 3.63) is 17.5 Å². The van der Waals surface area contributed by atoms with E-state index in [4.69, 9.17) is 9.84 Å². The lowest BCUT2D eigenvalue weighted by Gasteiger charge is -2.25. The standard InChI is InChI=1S/C15H25N3O2/c1-5-11-9-12(6-2)18(17-11)13-7-8-15(10-13,16-3)14(19)20-4/h9,13,16H,5-8,10H2,1-4H3. The van der Waals surface area contributed by atoms with Gasteiger partial charge in [0.1, 0.15) is 5.54 Å². The van der Waals surface area contributed by atoms with Crippen LogP contribution in [0, 0.1) is 0 Å². The molecular weight excluding hydrogens is 254 g/mol. The van der Waals surface area contributed by atoms with Gasteiger partial charge in [0.2, 0.25) is 0 Å². The first-order valence-corrected chi connectivity index (χ1v) is 7.44. The normalized spacial score (nSPS) is 25.9. The van der Waals surface area contributed by atoms with E-state index >= 15 is 0 Å². The highest BCUT2D eigenvalue weighted by Crippen LogP contribution is 2.39. The Morgan fingerprint density at radius 2 is 2.30 bits per heavy atom. The third kappa shape index (κ3) is 2.46. The molecule has 0 amide bonds. The molecule has 112 valence electrons. The van der Waals surface area contributed by atoms with E-state index in [-0.39, 0.29) is 12.0 Å². The molecule has 1 aliphatic rings. The highest BCUT2D eigenvalue weighted by molar-refractivity contribution is 5.81. The lowest BCUT2D eigenvalue weighted by Crippen LogP contribution is -2.49. The maximum atomic E-state index is 12.0. The van der Waals surface area contributed by atoms with Gasteiger partial charge in [0.05, 0.1) is 18.8 Å². The van der Waals surface area contributed by atoms with Crippen molar-refractivity contribution >= 4 is 5.97 Å².